The average molecular weight is 310 g/mol. The van der Waals surface area contributed by atoms with Gasteiger partial charge in [-0.1, -0.05) is 6.92 Å². The lowest BCUT2D eigenvalue weighted by Gasteiger charge is -2.20. The minimum atomic E-state index is 0.864. The Balaban J connectivity index is 1.67. The van der Waals surface area contributed by atoms with Gasteiger partial charge in [-0.3, -0.25) is 0 Å². The molecule has 2 aromatic rings. The van der Waals surface area contributed by atoms with Crippen LogP contribution in [-0.4, -0.2) is 44.9 Å². The average Bonchev–Trinajstić information content (AvgIpc) is 3.03. The molecule has 1 aliphatic heterocycles. The largest absolute Gasteiger partial charge is 0.345 e. The van der Waals surface area contributed by atoms with Crippen molar-refractivity contribution < 1.29 is 0 Å². The Kier molecular flexibility index (Phi) is 4.11. The molecule has 108 valence electrons. The number of hydrogen-bond donors (Lipinski definition) is 0. The van der Waals surface area contributed by atoms with Crippen molar-refractivity contribution in [2.45, 2.75) is 26.7 Å². The van der Waals surface area contributed by atoms with Gasteiger partial charge in [0, 0.05) is 55.7 Å². The van der Waals surface area contributed by atoms with Crippen LogP contribution < -0.4 is 9.80 Å². The van der Waals surface area contributed by atoms with E-state index in [1.807, 2.05) is 6.92 Å². The van der Waals surface area contributed by atoms with Gasteiger partial charge in [-0.25, -0.2) is 9.97 Å². The summed E-state index contributed by atoms with van der Waals surface area (Å²) in [5.74, 6) is 1.81. The summed E-state index contributed by atoms with van der Waals surface area (Å²) < 4.78 is 8.65. The molecule has 1 fully saturated rings. The quantitative estimate of drug-likeness (QED) is 0.864. The first-order valence-electron chi connectivity index (χ1n) is 6.89. The van der Waals surface area contributed by atoms with Crippen LogP contribution in [0.5, 0.6) is 0 Å². The van der Waals surface area contributed by atoms with Crippen molar-refractivity contribution in [3.63, 3.8) is 0 Å². The van der Waals surface area contributed by atoms with E-state index in [0.29, 0.717) is 0 Å². The van der Waals surface area contributed by atoms with E-state index in [4.69, 9.17) is 0 Å². The van der Waals surface area contributed by atoms with Gasteiger partial charge in [0.15, 0.2) is 0 Å². The molecule has 6 nitrogen and oxygen atoms in total. The first kappa shape index (κ1) is 13.7. The Bertz CT molecular complexity index is 566. The van der Waals surface area contributed by atoms with Gasteiger partial charge in [0.05, 0.1) is 0 Å². The maximum absolute atomic E-state index is 4.59. The number of nitrogens with zero attached hydrogens (tertiary/aromatic N) is 6. The normalized spacial score (nSPS) is 16.5. The van der Waals surface area contributed by atoms with Crippen LogP contribution in [0.4, 0.5) is 10.3 Å². The maximum atomic E-state index is 4.59. The minimum absolute atomic E-state index is 0.864. The smallest absolute Gasteiger partial charge is 0.205 e. The first-order chi connectivity index (χ1) is 9.76. The Morgan fingerprint density at radius 1 is 0.950 bits per heavy atom. The highest BCUT2D eigenvalue weighted by atomic mass is 32.1. The van der Waals surface area contributed by atoms with Crippen molar-refractivity contribution in [3.05, 3.63) is 11.6 Å². The highest BCUT2D eigenvalue weighted by Crippen LogP contribution is 2.22. The van der Waals surface area contributed by atoms with E-state index in [9.17, 15) is 0 Å². The van der Waals surface area contributed by atoms with Crippen LogP contribution in [0.25, 0.3) is 0 Å². The van der Waals surface area contributed by atoms with Crippen LogP contribution >= 0.6 is 23.1 Å². The fraction of sp³-hybridized carbons (Fsp3) is 0.667. The standard InChI is InChI=1S/C12H18N6S2/c1-3-10-14-12(20-16-10)18-6-4-5-17(7-8-18)11-13-9(2)15-19-11/h3-8H2,1-2H3. The molecule has 1 saturated heterocycles. The summed E-state index contributed by atoms with van der Waals surface area (Å²) in [4.78, 5) is 13.7. The maximum Gasteiger partial charge on any atom is 0.205 e. The third-order valence-corrected chi connectivity index (χ3v) is 5.01. The molecule has 0 radical (unpaired) electrons. The van der Waals surface area contributed by atoms with Gasteiger partial charge in [-0.15, -0.1) is 0 Å². The number of rotatable bonds is 3. The van der Waals surface area contributed by atoms with Crippen molar-refractivity contribution in [3.8, 4) is 0 Å². The highest BCUT2D eigenvalue weighted by Gasteiger charge is 2.19. The Hall–Kier alpha value is -1.28. The van der Waals surface area contributed by atoms with Crippen molar-refractivity contribution >= 4 is 33.3 Å². The van der Waals surface area contributed by atoms with E-state index in [-0.39, 0.29) is 0 Å². The molecular weight excluding hydrogens is 292 g/mol. The van der Waals surface area contributed by atoms with Crippen molar-refractivity contribution in [1.82, 2.24) is 18.7 Å². The van der Waals surface area contributed by atoms with E-state index in [2.05, 4.69) is 35.4 Å². The molecule has 0 aromatic carbocycles. The molecule has 0 spiro atoms. The summed E-state index contributed by atoms with van der Waals surface area (Å²) >= 11 is 3.00. The zero-order valence-electron chi connectivity index (χ0n) is 11.7. The molecule has 3 heterocycles. The SMILES string of the molecule is CCc1nsc(N2CCCN(c3nc(C)ns3)CC2)n1. The Labute approximate surface area is 126 Å². The van der Waals surface area contributed by atoms with Gasteiger partial charge >= 0.3 is 0 Å². The zero-order chi connectivity index (χ0) is 13.9. The van der Waals surface area contributed by atoms with Crippen molar-refractivity contribution in [2.24, 2.45) is 0 Å². The third-order valence-electron chi connectivity index (χ3n) is 3.33. The van der Waals surface area contributed by atoms with Gasteiger partial charge in [0.2, 0.25) is 10.3 Å². The highest BCUT2D eigenvalue weighted by molar-refractivity contribution is 7.10. The fourth-order valence-electron chi connectivity index (χ4n) is 2.23. The van der Waals surface area contributed by atoms with Gasteiger partial charge in [0.1, 0.15) is 11.6 Å². The number of aryl methyl sites for hydroxylation is 2. The summed E-state index contributed by atoms with van der Waals surface area (Å²) in [6.45, 7) is 8.04. The monoisotopic (exact) mass is 310 g/mol. The van der Waals surface area contributed by atoms with Crippen LogP contribution in [0, 0.1) is 6.92 Å². The molecule has 8 heteroatoms. The van der Waals surface area contributed by atoms with E-state index in [1.54, 1.807) is 0 Å². The Morgan fingerprint density at radius 2 is 1.60 bits per heavy atom. The molecule has 2 aromatic heterocycles. The van der Waals surface area contributed by atoms with Gasteiger partial charge in [0.25, 0.3) is 0 Å². The zero-order valence-corrected chi connectivity index (χ0v) is 13.4. The molecule has 3 rings (SSSR count). The second-order valence-electron chi connectivity index (χ2n) is 4.80. The first-order valence-corrected chi connectivity index (χ1v) is 8.43. The molecule has 0 bridgehead atoms. The summed E-state index contributed by atoms with van der Waals surface area (Å²) in [5, 5.41) is 2.09. The lowest BCUT2D eigenvalue weighted by Crippen LogP contribution is -2.30. The van der Waals surface area contributed by atoms with Crippen LogP contribution in [0.1, 0.15) is 25.0 Å². The number of anilines is 2. The number of hydrogen-bond acceptors (Lipinski definition) is 8. The van der Waals surface area contributed by atoms with Crippen LogP contribution in [0.3, 0.4) is 0 Å². The topological polar surface area (TPSA) is 58.0 Å². The van der Waals surface area contributed by atoms with Gasteiger partial charge < -0.3 is 9.80 Å². The van der Waals surface area contributed by atoms with Gasteiger partial charge in [-0.2, -0.15) is 8.75 Å². The summed E-state index contributed by atoms with van der Waals surface area (Å²) in [7, 11) is 0. The molecule has 0 aliphatic carbocycles. The molecule has 0 amide bonds. The molecule has 1 aliphatic rings. The lowest BCUT2D eigenvalue weighted by atomic mass is 10.4. The van der Waals surface area contributed by atoms with Crippen LogP contribution in [0.15, 0.2) is 0 Å². The predicted molar refractivity (Wildman–Crippen MR) is 83.0 cm³/mol. The second-order valence-corrected chi connectivity index (χ2v) is 6.26. The molecular formula is C12H18N6S2. The summed E-state index contributed by atoms with van der Waals surface area (Å²) in [5.41, 5.74) is 0. The van der Waals surface area contributed by atoms with E-state index >= 15 is 0 Å². The summed E-state index contributed by atoms with van der Waals surface area (Å²) in [6, 6.07) is 0. The molecule has 0 atom stereocenters. The second kappa shape index (κ2) is 6.01. The fourth-order valence-corrected chi connectivity index (χ4v) is 3.76. The molecule has 0 N–H and O–H groups in total. The van der Waals surface area contributed by atoms with E-state index < -0.39 is 0 Å². The van der Waals surface area contributed by atoms with Crippen molar-refractivity contribution in [2.75, 3.05) is 36.0 Å². The summed E-state index contributed by atoms with van der Waals surface area (Å²) in [6.07, 6.45) is 2.01. The molecule has 0 saturated carbocycles. The van der Waals surface area contributed by atoms with Gasteiger partial charge in [-0.05, 0) is 13.3 Å². The molecule has 20 heavy (non-hydrogen) atoms. The predicted octanol–water partition coefficient (Wildman–Crippen LogP) is 1.98. The van der Waals surface area contributed by atoms with E-state index in [1.165, 1.54) is 23.1 Å². The number of aromatic nitrogens is 4. The van der Waals surface area contributed by atoms with E-state index in [0.717, 1.165) is 60.9 Å². The van der Waals surface area contributed by atoms with Crippen LogP contribution in [-0.2, 0) is 6.42 Å². The minimum Gasteiger partial charge on any atom is -0.345 e. The van der Waals surface area contributed by atoms with Crippen LogP contribution in [0.2, 0.25) is 0 Å². The lowest BCUT2D eigenvalue weighted by molar-refractivity contribution is 0.800. The Morgan fingerprint density at radius 3 is 2.15 bits per heavy atom. The van der Waals surface area contributed by atoms with Crippen molar-refractivity contribution in [1.29, 1.82) is 0 Å². The molecule has 0 unspecified atom stereocenters. The third kappa shape index (κ3) is 2.90.